The zero-order valence-electron chi connectivity index (χ0n) is 10.4. The zero-order chi connectivity index (χ0) is 14.1. The van der Waals surface area contributed by atoms with Gasteiger partial charge in [0, 0.05) is 8.95 Å². The van der Waals surface area contributed by atoms with E-state index < -0.39 is 0 Å². The molecule has 0 aromatic heterocycles. The quantitative estimate of drug-likeness (QED) is 0.751. The molecular formula is C15H10Br2N2O. The van der Waals surface area contributed by atoms with Crippen LogP contribution in [0.3, 0.4) is 0 Å². The van der Waals surface area contributed by atoms with Crippen LogP contribution in [0.25, 0.3) is 0 Å². The second-order valence-electron chi connectivity index (χ2n) is 4.45. The Labute approximate surface area is 133 Å². The van der Waals surface area contributed by atoms with Gasteiger partial charge in [-0.1, -0.05) is 44.0 Å². The molecule has 1 aliphatic heterocycles. The van der Waals surface area contributed by atoms with Gasteiger partial charge in [0.15, 0.2) is 0 Å². The van der Waals surface area contributed by atoms with Crippen LogP contribution in [0.15, 0.2) is 56.4 Å². The van der Waals surface area contributed by atoms with Crippen LogP contribution in [-0.2, 0) is 4.79 Å². The van der Waals surface area contributed by atoms with Crippen LogP contribution in [0.2, 0.25) is 0 Å². The molecule has 3 nitrogen and oxygen atoms in total. The highest BCUT2D eigenvalue weighted by Crippen LogP contribution is 2.31. The third kappa shape index (κ3) is 2.83. The molecule has 0 spiro atoms. The Morgan fingerprint density at radius 3 is 2.45 bits per heavy atom. The van der Waals surface area contributed by atoms with E-state index in [2.05, 4.69) is 42.2 Å². The molecule has 0 aliphatic carbocycles. The minimum absolute atomic E-state index is 0.0523. The van der Waals surface area contributed by atoms with Gasteiger partial charge in [0.1, 0.15) is 0 Å². The van der Waals surface area contributed by atoms with Crippen molar-refractivity contribution in [3.8, 4) is 0 Å². The molecule has 0 saturated heterocycles. The predicted molar refractivity (Wildman–Crippen MR) is 87.7 cm³/mol. The van der Waals surface area contributed by atoms with Gasteiger partial charge in [-0.05, 0) is 35.9 Å². The monoisotopic (exact) mass is 392 g/mol. The number of rotatable bonds is 1. The van der Waals surface area contributed by atoms with E-state index in [0.717, 1.165) is 31.6 Å². The van der Waals surface area contributed by atoms with Crippen LogP contribution in [0.5, 0.6) is 0 Å². The van der Waals surface area contributed by atoms with Gasteiger partial charge in [-0.2, -0.15) is 0 Å². The second-order valence-corrected chi connectivity index (χ2v) is 6.28. The fraction of sp³-hybridized carbons (Fsp3) is 0.0667. The maximum absolute atomic E-state index is 12.0. The zero-order valence-corrected chi connectivity index (χ0v) is 13.5. The van der Waals surface area contributed by atoms with Crippen LogP contribution >= 0.6 is 31.9 Å². The first-order valence-electron chi connectivity index (χ1n) is 6.05. The Hall–Kier alpha value is -1.46. The Kier molecular flexibility index (Phi) is 3.72. The highest BCUT2D eigenvalue weighted by molar-refractivity contribution is 9.10. The van der Waals surface area contributed by atoms with Crippen LogP contribution < -0.4 is 5.32 Å². The third-order valence-corrected chi connectivity index (χ3v) is 4.02. The van der Waals surface area contributed by atoms with E-state index in [1.807, 2.05) is 42.5 Å². The van der Waals surface area contributed by atoms with Crippen molar-refractivity contribution in [2.75, 3.05) is 5.32 Å². The minimum Gasteiger partial charge on any atom is -0.324 e. The van der Waals surface area contributed by atoms with Gasteiger partial charge < -0.3 is 5.32 Å². The summed E-state index contributed by atoms with van der Waals surface area (Å²) in [4.78, 5) is 16.6. The topological polar surface area (TPSA) is 41.5 Å². The van der Waals surface area contributed by atoms with Crippen LogP contribution in [0.1, 0.15) is 12.0 Å². The van der Waals surface area contributed by atoms with Gasteiger partial charge in [0.05, 0.1) is 23.5 Å². The Morgan fingerprint density at radius 2 is 1.70 bits per heavy atom. The van der Waals surface area contributed by atoms with Crippen molar-refractivity contribution >= 4 is 54.9 Å². The molecule has 0 saturated carbocycles. The highest BCUT2D eigenvalue weighted by Gasteiger charge is 2.17. The number of hydrogen-bond donors (Lipinski definition) is 1. The van der Waals surface area contributed by atoms with Crippen molar-refractivity contribution in [3.63, 3.8) is 0 Å². The Balaban J connectivity index is 2.08. The lowest BCUT2D eigenvalue weighted by Crippen LogP contribution is -2.14. The van der Waals surface area contributed by atoms with E-state index in [1.165, 1.54) is 0 Å². The average Bonchev–Trinajstić information content (AvgIpc) is 2.57. The van der Waals surface area contributed by atoms with E-state index in [0.29, 0.717) is 0 Å². The molecule has 100 valence electrons. The van der Waals surface area contributed by atoms with Gasteiger partial charge in [-0.25, -0.2) is 0 Å². The summed E-state index contributed by atoms with van der Waals surface area (Å²) in [6.45, 7) is 0. The summed E-state index contributed by atoms with van der Waals surface area (Å²) in [6, 6.07) is 13.5. The first-order valence-corrected chi connectivity index (χ1v) is 7.63. The summed E-state index contributed by atoms with van der Waals surface area (Å²) in [5, 5.41) is 2.88. The largest absolute Gasteiger partial charge is 0.324 e. The number of carbonyl (C=O) groups excluding carboxylic acids is 1. The van der Waals surface area contributed by atoms with Crippen molar-refractivity contribution < 1.29 is 4.79 Å². The van der Waals surface area contributed by atoms with Gasteiger partial charge in [-0.15, -0.1) is 0 Å². The molecule has 1 aliphatic rings. The van der Waals surface area contributed by atoms with E-state index >= 15 is 0 Å². The summed E-state index contributed by atoms with van der Waals surface area (Å²) in [5.41, 5.74) is 3.24. The molecule has 0 unspecified atom stereocenters. The lowest BCUT2D eigenvalue weighted by molar-refractivity contribution is -0.115. The van der Waals surface area contributed by atoms with Gasteiger partial charge in [-0.3, -0.25) is 9.79 Å². The molecule has 20 heavy (non-hydrogen) atoms. The summed E-state index contributed by atoms with van der Waals surface area (Å²) in [5.74, 6) is -0.0523. The van der Waals surface area contributed by atoms with E-state index in [-0.39, 0.29) is 12.3 Å². The normalized spacial score (nSPS) is 14.1. The molecule has 2 aromatic carbocycles. The SMILES string of the molecule is O=C1CC(c2ccc(Br)cc2)=Nc2ccc(Br)cc2N1. The summed E-state index contributed by atoms with van der Waals surface area (Å²) >= 11 is 6.80. The average molecular weight is 394 g/mol. The van der Waals surface area contributed by atoms with E-state index in [4.69, 9.17) is 0 Å². The maximum atomic E-state index is 12.0. The molecule has 1 amide bonds. The lowest BCUT2D eigenvalue weighted by atomic mass is 10.1. The smallest absolute Gasteiger partial charge is 0.230 e. The van der Waals surface area contributed by atoms with Gasteiger partial charge >= 0.3 is 0 Å². The summed E-state index contributed by atoms with van der Waals surface area (Å²) < 4.78 is 1.92. The molecule has 0 fully saturated rings. The van der Waals surface area contributed by atoms with Crippen molar-refractivity contribution in [1.82, 2.24) is 0 Å². The minimum atomic E-state index is -0.0523. The molecule has 0 radical (unpaired) electrons. The van der Waals surface area contributed by atoms with Crippen LogP contribution in [-0.4, -0.2) is 11.6 Å². The molecular weight excluding hydrogens is 384 g/mol. The number of amides is 1. The molecule has 0 bridgehead atoms. The molecule has 1 heterocycles. The first-order chi connectivity index (χ1) is 9.61. The maximum Gasteiger partial charge on any atom is 0.230 e. The number of nitrogens with one attached hydrogen (secondary N) is 1. The fourth-order valence-corrected chi connectivity index (χ4v) is 2.67. The number of hydrogen-bond acceptors (Lipinski definition) is 2. The van der Waals surface area contributed by atoms with Crippen molar-refractivity contribution in [2.24, 2.45) is 4.99 Å². The number of aliphatic imine (C=N–C) groups is 1. The predicted octanol–water partition coefficient (Wildman–Crippen LogP) is 4.67. The number of halogens is 2. The second kappa shape index (κ2) is 5.50. The molecule has 1 N–H and O–H groups in total. The van der Waals surface area contributed by atoms with Crippen molar-refractivity contribution in [3.05, 3.63) is 57.0 Å². The Morgan fingerprint density at radius 1 is 1.00 bits per heavy atom. The summed E-state index contributed by atoms with van der Waals surface area (Å²) in [6.07, 6.45) is 0.272. The molecule has 3 rings (SSSR count). The standard InChI is InChI=1S/C15H10Br2N2O/c16-10-3-1-9(2-4-10)13-8-15(20)19-14-7-11(17)5-6-12(14)18-13/h1-7H,8H2,(H,19,20). The number of fused-ring (bicyclic) bond motifs is 1. The molecule has 2 aromatic rings. The number of anilines is 1. The van der Waals surface area contributed by atoms with E-state index in [9.17, 15) is 4.79 Å². The molecule has 0 atom stereocenters. The number of benzene rings is 2. The highest BCUT2D eigenvalue weighted by atomic mass is 79.9. The first kappa shape index (κ1) is 13.5. The van der Waals surface area contributed by atoms with Crippen LogP contribution in [0, 0.1) is 0 Å². The number of carbonyl (C=O) groups is 1. The molecule has 5 heteroatoms. The lowest BCUT2D eigenvalue weighted by Gasteiger charge is -2.04. The number of nitrogens with zero attached hydrogens (tertiary/aromatic N) is 1. The van der Waals surface area contributed by atoms with Crippen LogP contribution in [0.4, 0.5) is 11.4 Å². The Bertz CT molecular complexity index is 708. The van der Waals surface area contributed by atoms with Gasteiger partial charge in [0.25, 0.3) is 0 Å². The van der Waals surface area contributed by atoms with Crippen molar-refractivity contribution in [2.45, 2.75) is 6.42 Å². The third-order valence-electron chi connectivity index (χ3n) is 2.99. The van der Waals surface area contributed by atoms with E-state index in [1.54, 1.807) is 0 Å². The van der Waals surface area contributed by atoms with Gasteiger partial charge in [0.2, 0.25) is 5.91 Å². The summed E-state index contributed by atoms with van der Waals surface area (Å²) in [7, 11) is 0. The van der Waals surface area contributed by atoms with Crippen molar-refractivity contribution in [1.29, 1.82) is 0 Å². The fourth-order valence-electron chi connectivity index (χ4n) is 2.05.